The number of hydrogen-bond donors (Lipinski definition) is 2. The first-order chi connectivity index (χ1) is 13.5. The van der Waals surface area contributed by atoms with Crippen LogP contribution in [0.15, 0.2) is 46.0 Å². The van der Waals surface area contributed by atoms with Crippen LogP contribution in [0.2, 0.25) is 0 Å². The third-order valence-corrected chi connectivity index (χ3v) is 4.15. The number of rotatable bonds is 8. The van der Waals surface area contributed by atoms with E-state index in [2.05, 4.69) is 31.8 Å². The lowest BCUT2D eigenvalue weighted by Gasteiger charge is -2.10. The molecule has 0 saturated heterocycles. The molecule has 2 aromatic carbocycles. The number of nitrogens with one attached hydrogen (secondary N) is 2. The molecule has 0 aromatic heterocycles. The van der Waals surface area contributed by atoms with Crippen LogP contribution in [0.25, 0.3) is 0 Å². The summed E-state index contributed by atoms with van der Waals surface area (Å²) in [6, 6.07) is 10.4. The Morgan fingerprint density at radius 1 is 1.04 bits per heavy atom. The third kappa shape index (κ3) is 5.71. The highest BCUT2D eigenvalue weighted by Gasteiger charge is 2.12. The Balaban J connectivity index is 1.93. The number of nitrogens with zero attached hydrogens (tertiary/aromatic N) is 1. The van der Waals surface area contributed by atoms with Gasteiger partial charge in [-0.15, -0.1) is 0 Å². The van der Waals surface area contributed by atoms with Crippen LogP contribution >= 0.6 is 15.9 Å². The predicted octanol–water partition coefficient (Wildman–Crippen LogP) is 2.95. The molecule has 2 amide bonds. The van der Waals surface area contributed by atoms with Gasteiger partial charge in [-0.05, 0) is 45.8 Å². The number of para-hydroxylation sites is 2. The van der Waals surface area contributed by atoms with E-state index < -0.39 is 11.8 Å². The van der Waals surface area contributed by atoms with E-state index in [4.69, 9.17) is 14.2 Å². The molecule has 0 aliphatic heterocycles. The van der Waals surface area contributed by atoms with Crippen LogP contribution in [0.5, 0.6) is 17.2 Å². The summed E-state index contributed by atoms with van der Waals surface area (Å²) in [5.41, 5.74) is 3.47. The number of halogens is 1. The first kappa shape index (κ1) is 21.2. The molecule has 9 heteroatoms. The lowest BCUT2D eigenvalue weighted by molar-refractivity contribution is -0.126. The van der Waals surface area contributed by atoms with E-state index in [0.29, 0.717) is 33.0 Å². The van der Waals surface area contributed by atoms with Crippen LogP contribution in [0, 0.1) is 0 Å². The molecule has 2 N–H and O–H groups in total. The van der Waals surface area contributed by atoms with Crippen molar-refractivity contribution in [1.82, 2.24) is 5.43 Å². The van der Waals surface area contributed by atoms with Crippen molar-refractivity contribution in [1.29, 1.82) is 0 Å². The number of methoxy groups -OCH3 is 3. The van der Waals surface area contributed by atoms with Crippen LogP contribution in [0.3, 0.4) is 0 Å². The van der Waals surface area contributed by atoms with Crippen LogP contribution in [-0.4, -0.2) is 39.4 Å². The molecule has 0 saturated carbocycles. The summed E-state index contributed by atoms with van der Waals surface area (Å²) in [5.74, 6) is 0.542. The second kappa shape index (κ2) is 10.3. The minimum absolute atomic E-state index is 0.384. The topological polar surface area (TPSA) is 98.2 Å². The normalized spacial score (nSPS) is 10.4. The van der Waals surface area contributed by atoms with Crippen LogP contribution in [0.1, 0.15) is 12.0 Å². The summed E-state index contributed by atoms with van der Waals surface area (Å²) >= 11 is 3.38. The molecule has 0 atom stereocenters. The van der Waals surface area contributed by atoms with Gasteiger partial charge < -0.3 is 19.5 Å². The molecule has 0 unspecified atom stereocenters. The molecule has 28 heavy (non-hydrogen) atoms. The fraction of sp³-hybridized carbons (Fsp3) is 0.211. The molecule has 2 rings (SSSR count). The largest absolute Gasteiger partial charge is 0.495 e. The Kier molecular flexibility index (Phi) is 7.82. The zero-order valence-corrected chi connectivity index (χ0v) is 17.2. The standard InChI is InChI=1S/C19H20BrN3O5/c1-26-15-7-5-4-6-14(15)22-17(24)10-18(25)23-21-11-12-8-13(20)19(28-3)16(9-12)27-2/h4-9,11H,10H2,1-3H3,(H,22,24)(H,23,25). The predicted molar refractivity (Wildman–Crippen MR) is 109 cm³/mol. The van der Waals surface area contributed by atoms with E-state index in [1.54, 1.807) is 36.4 Å². The maximum Gasteiger partial charge on any atom is 0.249 e. The Morgan fingerprint density at radius 3 is 2.43 bits per heavy atom. The Hall–Kier alpha value is -3.07. The summed E-state index contributed by atoms with van der Waals surface area (Å²) in [7, 11) is 4.55. The average Bonchev–Trinajstić information content (AvgIpc) is 2.67. The molecular weight excluding hydrogens is 430 g/mol. The fourth-order valence-electron chi connectivity index (χ4n) is 2.32. The molecule has 0 fully saturated rings. The zero-order valence-electron chi connectivity index (χ0n) is 15.6. The monoisotopic (exact) mass is 449 g/mol. The summed E-state index contributed by atoms with van der Waals surface area (Å²) in [4.78, 5) is 23.9. The molecule has 0 aliphatic rings. The molecule has 0 spiro atoms. The molecule has 148 valence electrons. The molecule has 0 heterocycles. The van der Waals surface area contributed by atoms with Crippen molar-refractivity contribution >= 4 is 39.6 Å². The molecule has 0 aliphatic carbocycles. The SMILES string of the molecule is COc1ccccc1NC(=O)CC(=O)NN=Cc1cc(Br)c(OC)c(OC)c1. The second-order valence-corrected chi connectivity index (χ2v) is 6.31. The maximum atomic E-state index is 12.0. The van der Waals surface area contributed by atoms with Crippen molar-refractivity contribution in [3.63, 3.8) is 0 Å². The first-order valence-electron chi connectivity index (χ1n) is 8.14. The van der Waals surface area contributed by atoms with Crippen molar-refractivity contribution in [3.05, 3.63) is 46.4 Å². The molecular formula is C19H20BrN3O5. The highest BCUT2D eigenvalue weighted by atomic mass is 79.9. The van der Waals surface area contributed by atoms with E-state index in [1.807, 2.05) is 0 Å². The minimum Gasteiger partial charge on any atom is -0.495 e. The van der Waals surface area contributed by atoms with Gasteiger partial charge in [0.05, 0.1) is 37.7 Å². The van der Waals surface area contributed by atoms with Gasteiger partial charge >= 0.3 is 0 Å². The number of anilines is 1. The quantitative estimate of drug-likeness (QED) is 0.366. The second-order valence-electron chi connectivity index (χ2n) is 5.46. The summed E-state index contributed by atoms with van der Waals surface area (Å²) in [6.07, 6.45) is 1.05. The summed E-state index contributed by atoms with van der Waals surface area (Å²) < 4.78 is 16.3. The summed E-state index contributed by atoms with van der Waals surface area (Å²) in [6.45, 7) is 0. The smallest absolute Gasteiger partial charge is 0.249 e. The number of ether oxygens (including phenoxy) is 3. The number of carbonyl (C=O) groups is 2. The number of benzene rings is 2. The Labute approximate surface area is 171 Å². The van der Waals surface area contributed by atoms with Crippen LogP contribution in [0.4, 0.5) is 5.69 Å². The van der Waals surface area contributed by atoms with Gasteiger partial charge in [0, 0.05) is 0 Å². The van der Waals surface area contributed by atoms with Crippen LogP contribution < -0.4 is 25.0 Å². The number of amides is 2. The van der Waals surface area contributed by atoms with E-state index >= 15 is 0 Å². The summed E-state index contributed by atoms with van der Waals surface area (Å²) in [5, 5.41) is 6.48. The van der Waals surface area contributed by atoms with Crippen molar-refractivity contribution in [2.24, 2.45) is 5.10 Å². The third-order valence-electron chi connectivity index (χ3n) is 3.56. The van der Waals surface area contributed by atoms with E-state index in [0.717, 1.165) is 0 Å². The highest BCUT2D eigenvalue weighted by molar-refractivity contribution is 9.10. The van der Waals surface area contributed by atoms with Gasteiger partial charge in [-0.3, -0.25) is 9.59 Å². The number of hydrazone groups is 1. The van der Waals surface area contributed by atoms with E-state index in [1.165, 1.54) is 27.5 Å². The number of carbonyl (C=O) groups excluding carboxylic acids is 2. The average molecular weight is 450 g/mol. The van der Waals surface area contributed by atoms with Gasteiger partial charge in [-0.25, -0.2) is 5.43 Å². The van der Waals surface area contributed by atoms with Gasteiger partial charge in [0.1, 0.15) is 12.2 Å². The van der Waals surface area contributed by atoms with E-state index in [9.17, 15) is 9.59 Å². The van der Waals surface area contributed by atoms with Gasteiger partial charge in [0.25, 0.3) is 0 Å². The minimum atomic E-state index is -0.553. The van der Waals surface area contributed by atoms with Crippen LogP contribution in [-0.2, 0) is 9.59 Å². The molecule has 0 radical (unpaired) electrons. The lowest BCUT2D eigenvalue weighted by atomic mass is 10.2. The van der Waals surface area contributed by atoms with Gasteiger partial charge in [0.2, 0.25) is 11.8 Å². The maximum absolute atomic E-state index is 12.0. The Bertz CT molecular complexity index is 886. The Morgan fingerprint density at radius 2 is 1.75 bits per heavy atom. The van der Waals surface area contributed by atoms with E-state index in [-0.39, 0.29) is 6.42 Å². The van der Waals surface area contributed by atoms with Gasteiger partial charge in [-0.1, -0.05) is 12.1 Å². The van der Waals surface area contributed by atoms with Gasteiger partial charge in [-0.2, -0.15) is 5.10 Å². The number of hydrogen-bond acceptors (Lipinski definition) is 6. The molecule has 0 bridgehead atoms. The first-order valence-corrected chi connectivity index (χ1v) is 8.94. The zero-order chi connectivity index (χ0) is 20.5. The van der Waals surface area contributed by atoms with Crippen molar-refractivity contribution in [2.75, 3.05) is 26.6 Å². The van der Waals surface area contributed by atoms with Gasteiger partial charge in [0.15, 0.2) is 11.5 Å². The van der Waals surface area contributed by atoms with Crippen molar-refractivity contribution < 1.29 is 23.8 Å². The lowest BCUT2D eigenvalue weighted by Crippen LogP contribution is -2.24. The highest BCUT2D eigenvalue weighted by Crippen LogP contribution is 2.35. The molecule has 8 nitrogen and oxygen atoms in total. The van der Waals surface area contributed by atoms with Crippen molar-refractivity contribution in [2.45, 2.75) is 6.42 Å². The molecule has 2 aromatic rings. The fourth-order valence-corrected chi connectivity index (χ4v) is 2.94. The van der Waals surface area contributed by atoms with Crippen molar-refractivity contribution in [3.8, 4) is 17.2 Å².